The van der Waals surface area contributed by atoms with Crippen molar-refractivity contribution >= 4 is 51.9 Å². The highest BCUT2D eigenvalue weighted by molar-refractivity contribution is 6.89. The van der Waals surface area contributed by atoms with Crippen LogP contribution in [0.25, 0.3) is 43.8 Å². The largest absolute Gasteiger partial charge is 0.311 e. The number of hydrogen-bond donors (Lipinski definition) is 0. The summed E-state index contributed by atoms with van der Waals surface area (Å²) in [4.78, 5) is 2.47. The van der Waals surface area contributed by atoms with E-state index in [2.05, 4.69) is 194 Å². The summed E-state index contributed by atoms with van der Waals surface area (Å²) >= 11 is 0. The molecule has 0 unspecified atom stereocenters. The summed E-state index contributed by atoms with van der Waals surface area (Å²) in [6.07, 6.45) is 0. The Kier molecular flexibility index (Phi) is 6.22. The van der Waals surface area contributed by atoms with Crippen LogP contribution in [0.2, 0.25) is 19.6 Å². The van der Waals surface area contributed by atoms with E-state index in [1.165, 1.54) is 88.3 Å². The quantitative estimate of drug-likeness (QED) is 0.171. The summed E-state index contributed by atoms with van der Waals surface area (Å²) in [5.74, 6) is 0. The van der Waals surface area contributed by atoms with E-state index < -0.39 is 13.5 Å². The van der Waals surface area contributed by atoms with Crippen LogP contribution in [0, 0.1) is 0 Å². The fraction of sp³-hybridized carbons (Fsp3) is 0.0833. The molecule has 0 heterocycles. The van der Waals surface area contributed by atoms with Crippen LogP contribution in [0.3, 0.4) is 0 Å². The van der Waals surface area contributed by atoms with Crippen LogP contribution in [0.4, 0.5) is 17.1 Å². The van der Waals surface area contributed by atoms with Crippen LogP contribution < -0.4 is 10.1 Å². The van der Waals surface area contributed by atoms with E-state index in [0.717, 1.165) is 0 Å². The predicted molar refractivity (Wildman–Crippen MR) is 215 cm³/mol. The first kappa shape index (κ1) is 29.2. The number of nitrogens with zero attached hydrogens (tertiary/aromatic N) is 1. The predicted octanol–water partition coefficient (Wildman–Crippen LogP) is 12.4. The topological polar surface area (TPSA) is 3.24 Å². The van der Waals surface area contributed by atoms with Gasteiger partial charge in [-0.05, 0) is 114 Å². The number of rotatable bonds is 4. The first-order valence-electron chi connectivity index (χ1n) is 17.7. The molecule has 2 aliphatic carbocycles. The fourth-order valence-electron chi connectivity index (χ4n) is 9.09. The molecule has 2 aliphatic rings. The van der Waals surface area contributed by atoms with Crippen LogP contribution in [0.5, 0.6) is 0 Å². The van der Waals surface area contributed by atoms with Gasteiger partial charge in [-0.15, -0.1) is 0 Å². The Labute approximate surface area is 295 Å². The third kappa shape index (κ3) is 4.00. The van der Waals surface area contributed by atoms with Gasteiger partial charge in [0.25, 0.3) is 0 Å². The van der Waals surface area contributed by atoms with E-state index >= 15 is 0 Å². The molecular weight excluding hydrogens is 619 g/mol. The van der Waals surface area contributed by atoms with Crippen LogP contribution in [-0.4, -0.2) is 8.07 Å². The van der Waals surface area contributed by atoms with Crippen molar-refractivity contribution in [1.82, 2.24) is 0 Å². The highest BCUT2D eigenvalue weighted by atomic mass is 28.3. The molecule has 0 radical (unpaired) electrons. The summed E-state index contributed by atoms with van der Waals surface area (Å²) in [7, 11) is -1.66. The number of anilines is 3. The molecule has 0 N–H and O–H groups in total. The van der Waals surface area contributed by atoms with Crippen LogP contribution >= 0.6 is 0 Å². The second-order valence-electron chi connectivity index (χ2n) is 14.9. The van der Waals surface area contributed by atoms with Crippen molar-refractivity contribution in [2.75, 3.05) is 4.90 Å². The molecule has 238 valence electrons. The van der Waals surface area contributed by atoms with Gasteiger partial charge in [0.15, 0.2) is 0 Å². The van der Waals surface area contributed by atoms with Gasteiger partial charge in [0, 0.05) is 17.1 Å². The summed E-state index contributed by atoms with van der Waals surface area (Å²) in [5, 5.41) is 6.58. The Hall–Kier alpha value is -5.70. The van der Waals surface area contributed by atoms with Gasteiger partial charge < -0.3 is 4.90 Å². The number of para-hydroxylation sites is 2. The van der Waals surface area contributed by atoms with Gasteiger partial charge in [0.1, 0.15) is 0 Å². The summed E-state index contributed by atoms with van der Waals surface area (Å²) in [6.45, 7) is 7.32. The van der Waals surface area contributed by atoms with E-state index in [1.54, 1.807) is 0 Å². The van der Waals surface area contributed by atoms with Crippen molar-refractivity contribution in [2.45, 2.75) is 25.1 Å². The van der Waals surface area contributed by atoms with E-state index in [1.807, 2.05) is 0 Å². The van der Waals surface area contributed by atoms with E-state index in [9.17, 15) is 0 Å². The minimum Gasteiger partial charge on any atom is -0.311 e. The van der Waals surface area contributed by atoms with Crippen molar-refractivity contribution in [3.05, 3.63) is 192 Å². The summed E-state index contributed by atoms with van der Waals surface area (Å²) in [5.41, 5.74) is 14.1. The molecular formula is C48H37NSi. The average Bonchev–Trinajstić information content (AvgIpc) is 3.61. The average molecular weight is 656 g/mol. The molecule has 1 nitrogen and oxygen atoms in total. The van der Waals surface area contributed by atoms with Gasteiger partial charge in [0.05, 0.1) is 13.5 Å². The third-order valence-corrected chi connectivity index (χ3v) is 13.2. The van der Waals surface area contributed by atoms with Gasteiger partial charge in [-0.1, -0.05) is 147 Å². The molecule has 1 spiro atoms. The lowest BCUT2D eigenvalue weighted by Gasteiger charge is -2.32. The first-order chi connectivity index (χ1) is 24.4. The van der Waals surface area contributed by atoms with Gasteiger partial charge in [-0.25, -0.2) is 0 Å². The normalized spacial score (nSPS) is 13.7. The highest BCUT2D eigenvalue weighted by Crippen LogP contribution is 2.64. The van der Waals surface area contributed by atoms with Crippen molar-refractivity contribution in [3.63, 3.8) is 0 Å². The molecule has 0 saturated heterocycles. The molecule has 2 heteroatoms. The molecule has 0 atom stereocenters. The minimum absolute atomic E-state index is 0.410. The van der Waals surface area contributed by atoms with Gasteiger partial charge in [-0.3, -0.25) is 0 Å². The number of benzene rings is 8. The zero-order valence-electron chi connectivity index (χ0n) is 28.6. The van der Waals surface area contributed by atoms with E-state index in [4.69, 9.17) is 0 Å². The maximum absolute atomic E-state index is 2.52. The molecule has 0 aliphatic heterocycles. The lowest BCUT2D eigenvalue weighted by Crippen LogP contribution is -2.40. The maximum atomic E-state index is 2.52. The number of hydrogen-bond acceptors (Lipinski definition) is 1. The second kappa shape index (κ2) is 10.6. The van der Waals surface area contributed by atoms with Gasteiger partial charge in [0.2, 0.25) is 0 Å². The Balaban J connectivity index is 1.28. The molecule has 8 aromatic carbocycles. The van der Waals surface area contributed by atoms with Crippen molar-refractivity contribution in [3.8, 4) is 22.3 Å². The Morgan fingerprint density at radius 1 is 0.420 bits per heavy atom. The molecule has 10 rings (SSSR count). The molecule has 0 amide bonds. The van der Waals surface area contributed by atoms with Crippen LogP contribution in [0.15, 0.2) is 170 Å². The first-order valence-corrected chi connectivity index (χ1v) is 21.2. The smallest absolute Gasteiger partial charge is 0.0803 e. The minimum atomic E-state index is -1.66. The monoisotopic (exact) mass is 655 g/mol. The van der Waals surface area contributed by atoms with Crippen molar-refractivity contribution in [1.29, 1.82) is 0 Å². The molecule has 0 bridgehead atoms. The molecule has 0 aromatic heterocycles. The Bertz CT molecular complexity index is 2600. The molecule has 0 fully saturated rings. The number of fused-ring (bicyclic) bond motifs is 13. The SMILES string of the molecule is C[Si](C)(C)c1ccccc1N(c1ccccc1)c1ccc2cc3c(cc2c1)C1(c2ccccc2-c2ccccc21)c1c-3ccc2ccccc12. The van der Waals surface area contributed by atoms with E-state index in [-0.39, 0.29) is 0 Å². The zero-order valence-corrected chi connectivity index (χ0v) is 29.6. The highest BCUT2D eigenvalue weighted by Gasteiger charge is 2.52. The van der Waals surface area contributed by atoms with Crippen molar-refractivity contribution < 1.29 is 0 Å². The van der Waals surface area contributed by atoms with Gasteiger partial charge in [-0.2, -0.15) is 0 Å². The zero-order chi connectivity index (χ0) is 33.6. The van der Waals surface area contributed by atoms with Crippen molar-refractivity contribution in [2.24, 2.45) is 0 Å². The summed E-state index contributed by atoms with van der Waals surface area (Å²) < 4.78 is 0. The molecule has 8 aromatic rings. The van der Waals surface area contributed by atoms with Crippen LogP contribution in [0.1, 0.15) is 22.3 Å². The maximum Gasteiger partial charge on any atom is 0.0803 e. The third-order valence-electron chi connectivity index (χ3n) is 11.1. The van der Waals surface area contributed by atoms with Gasteiger partial charge >= 0.3 is 0 Å². The Morgan fingerprint density at radius 2 is 1.06 bits per heavy atom. The fourth-order valence-corrected chi connectivity index (χ4v) is 10.7. The second-order valence-corrected chi connectivity index (χ2v) is 20.0. The van der Waals surface area contributed by atoms with E-state index in [0.29, 0.717) is 0 Å². The standard InChI is InChI=1S/C48H37NSi/c1-50(2,3)46-24-14-13-23-45(46)49(35-16-5-4-6-17-35)36-27-25-33-30-41-40-28-26-32-15-7-8-18-37(32)47(40)48(44(41)31-34(33)29-36)42-21-11-9-19-38(42)39-20-10-12-22-43(39)48/h4-31H,1-3H3. The molecule has 50 heavy (non-hydrogen) atoms. The Morgan fingerprint density at radius 3 is 1.82 bits per heavy atom. The van der Waals surface area contributed by atoms with Crippen LogP contribution in [-0.2, 0) is 5.41 Å². The summed E-state index contributed by atoms with van der Waals surface area (Å²) in [6, 6.07) is 63.8. The molecule has 0 saturated carbocycles. The lowest BCUT2D eigenvalue weighted by atomic mass is 9.69. The lowest BCUT2D eigenvalue weighted by molar-refractivity contribution is 0.802.